The van der Waals surface area contributed by atoms with Gasteiger partial charge in [-0.25, -0.2) is 0 Å². The van der Waals surface area contributed by atoms with Crippen LogP contribution in [0.4, 0.5) is 5.69 Å². The minimum Gasteiger partial charge on any atom is -0.469 e. The molecule has 0 unspecified atom stereocenters. The first-order chi connectivity index (χ1) is 10.0. The number of rotatable bonds is 4. The Labute approximate surface area is 127 Å². The zero-order chi connectivity index (χ0) is 15.0. The van der Waals surface area contributed by atoms with E-state index < -0.39 is 0 Å². The number of carbonyl (C=O) groups excluding carboxylic acids is 1. The van der Waals surface area contributed by atoms with Gasteiger partial charge in [0.2, 0.25) is 0 Å². The SMILES string of the molecule is COC(=O)C1CC2(CC(Nc3ccccc3C(C)C)C2)C1. The number of para-hydroxylation sites is 1. The molecule has 0 heterocycles. The highest BCUT2D eigenvalue weighted by Crippen LogP contribution is 2.59. The van der Waals surface area contributed by atoms with Gasteiger partial charge in [0.25, 0.3) is 0 Å². The van der Waals surface area contributed by atoms with Gasteiger partial charge in [-0.05, 0) is 48.6 Å². The van der Waals surface area contributed by atoms with Gasteiger partial charge < -0.3 is 10.1 Å². The predicted octanol–water partition coefficient (Wildman–Crippen LogP) is 3.95. The minimum absolute atomic E-state index is 0.0258. The minimum atomic E-state index is -0.0258. The van der Waals surface area contributed by atoms with E-state index in [4.69, 9.17) is 4.74 Å². The number of nitrogens with one attached hydrogen (secondary N) is 1. The van der Waals surface area contributed by atoms with Crippen molar-refractivity contribution >= 4 is 11.7 Å². The average molecular weight is 287 g/mol. The van der Waals surface area contributed by atoms with Gasteiger partial charge in [-0.15, -0.1) is 0 Å². The van der Waals surface area contributed by atoms with E-state index in [1.54, 1.807) is 0 Å². The van der Waals surface area contributed by atoms with Gasteiger partial charge in [0.1, 0.15) is 0 Å². The Bertz CT molecular complexity index is 524. The molecule has 1 aromatic carbocycles. The fraction of sp³-hybridized carbons (Fsp3) is 0.611. The first-order valence-corrected chi connectivity index (χ1v) is 7.96. The van der Waals surface area contributed by atoms with E-state index in [-0.39, 0.29) is 11.9 Å². The van der Waals surface area contributed by atoms with Crippen LogP contribution in [0.5, 0.6) is 0 Å². The van der Waals surface area contributed by atoms with Crippen molar-refractivity contribution in [1.29, 1.82) is 0 Å². The maximum atomic E-state index is 11.5. The maximum absolute atomic E-state index is 11.5. The molecular weight excluding hydrogens is 262 g/mol. The molecule has 1 N–H and O–H groups in total. The van der Waals surface area contributed by atoms with E-state index in [1.165, 1.54) is 31.2 Å². The van der Waals surface area contributed by atoms with Crippen LogP contribution in [-0.2, 0) is 9.53 Å². The smallest absolute Gasteiger partial charge is 0.308 e. The van der Waals surface area contributed by atoms with Gasteiger partial charge in [-0.1, -0.05) is 32.0 Å². The van der Waals surface area contributed by atoms with E-state index >= 15 is 0 Å². The summed E-state index contributed by atoms with van der Waals surface area (Å²) in [6.45, 7) is 4.46. The molecule has 2 fully saturated rings. The molecular formula is C18H25NO2. The van der Waals surface area contributed by atoms with Crippen LogP contribution in [0.2, 0.25) is 0 Å². The summed E-state index contributed by atoms with van der Waals surface area (Å²) in [7, 11) is 1.49. The molecule has 2 aliphatic rings. The molecule has 0 saturated heterocycles. The number of hydrogen-bond acceptors (Lipinski definition) is 3. The van der Waals surface area contributed by atoms with Gasteiger partial charge in [-0.2, -0.15) is 0 Å². The molecule has 1 spiro atoms. The van der Waals surface area contributed by atoms with Crippen molar-refractivity contribution in [2.24, 2.45) is 11.3 Å². The third-order valence-corrected chi connectivity index (χ3v) is 5.19. The second kappa shape index (κ2) is 5.36. The van der Waals surface area contributed by atoms with E-state index in [9.17, 15) is 4.79 Å². The first-order valence-electron chi connectivity index (χ1n) is 7.96. The summed E-state index contributed by atoms with van der Waals surface area (Å²) in [5.41, 5.74) is 3.08. The molecule has 21 heavy (non-hydrogen) atoms. The third kappa shape index (κ3) is 2.66. The van der Waals surface area contributed by atoms with Crippen molar-refractivity contribution in [3.63, 3.8) is 0 Å². The highest BCUT2D eigenvalue weighted by Gasteiger charge is 2.55. The Morgan fingerprint density at radius 3 is 2.52 bits per heavy atom. The lowest BCUT2D eigenvalue weighted by atomic mass is 9.50. The van der Waals surface area contributed by atoms with Crippen LogP contribution < -0.4 is 5.32 Å². The Morgan fingerprint density at radius 1 is 1.24 bits per heavy atom. The second-order valence-corrected chi connectivity index (χ2v) is 7.12. The molecule has 0 aromatic heterocycles. The fourth-order valence-electron chi connectivity index (χ4n) is 4.09. The van der Waals surface area contributed by atoms with Crippen LogP contribution in [0.1, 0.15) is 51.0 Å². The molecule has 3 nitrogen and oxygen atoms in total. The molecule has 0 radical (unpaired) electrons. The first kappa shape index (κ1) is 14.4. The van der Waals surface area contributed by atoms with Crippen LogP contribution in [0.15, 0.2) is 24.3 Å². The summed E-state index contributed by atoms with van der Waals surface area (Å²) < 4.78 is 4.83. The van der Waals surface area contributed by atoms with Crippen molar-refractivity contribution in [3.05, 3.63) is 29.8 Å². The highest BCUT2D eigenvalue weighted by molar-refractivity contribution is 5.73. The van der Waals surface area contributed by atoms with Crippen molar-refractivity contribution in [3.8, 4) is 0 Å². The van der Waals surface area contributed by atoms with Crippen molar-refractivity contribution in [2.45, 2.75) is 51.5 Å². The van der Waals surface area contributed by atoms with Gasteiger partial charge in [-0.3, -0.25) is 4.79 Å². The number of benzene rings is 1. The van der Waals surface area contributed by atoms with Gasteiger partial charge in [0, 0.05) is 11.7 Å². The number of methoxy groups -OCH3 is 1. The Morgan fingerprint density at radius 2 is 1.90 bits per heavy atom. The van der Waals surface area contributed by atoms with Gasteiger partial charge >= 0.3 is 5.97 Å². The molecule has 3 heteroatoms. The van der Waals surface area contributed by atoms with Crippen LogP contribution >= 0.6 is 0 Å². The molecule has 0 amide bonds. The second-order valence-electron chi connectivity index (χ2n) is 7.12. The van der Waals surface area contributed by atoms with Gasteiger partial charge in [0.15, 0.2) is 0 Å². The summed E-state index contributed by atoms with van der Waals surface area (Å²) in [5, 5.41) is 3.69. The molecule has 0 bridgehead atoms. The quantitative estimate of drug-likeness (QED) is 0.852. The maximum Gasteiger partial charge on any atom is 0.308 e. The van der Waals surface area contributed by atoms with Gasteiger partial charge in [0.05, 0.1) is 13.0 Å². The number of esters is 1. The summed E-state index contributed by atoms with van der Waals surface area (Å²) in [4.78, 5) is 11.5. The average Bonchev–Trinajstić information content (AvgIpc) is 2.39. The summed E-state index contributed by atoms with van der Waals surface area (Å²) in [6.07, 6.45) is 4.41. The van der Waals surface area contributed by atoms with Crippen LogP contribution in [0.3, 0.4) is 0 Å². The molecule has 0 aliphatic heterocycles. The molecule has 2 aliphatic carbocycles. The highest BCUT2D eigenvalue weighted by atomic mass is 16.5. The van der Waals surface area contributed by atoms with E-state index in [1.807, 2.05) is 0 Å². The molecule has 2 saturated carbocycles. The summed E-state index contributed by atoms with van der Waals surface area (Å²) >= 11 is 0. The van der Waals surface area contributed by atoms with E-state index in [0.29, 0.717) is 17.4 Å². The van der Waals surface area contributed by atoms with Crippen molar-refractivity contribution in [2.75, 3.05) is 12.4 Å². The van der Waals surface area contributed by atoms with Crippen molar-refractivity contribution in [1.82, 2.24) is 0 Å². The number of anilines is 1. The Kier molecular flexibility index (Phi) is 3.68. The molecule has 3 rings (SSSR count). The predicted molar refractivity (Wildman–Crippen MR) is 84.3 cm³/mol. The topological polar surface area (TPSA) is 38.3 Å². The normalized spacial score (nSPS) is 30.7. The van der Waals surface area contributed by atoms with E-state index in [0.717, 1.165) is 12.8 Å². The lowest BCUT2D eigenvalue weighted by Gasteiger charge is -2.57. The van der Waals surface area contributed by atoms with Crippen LogP contribution in [-0.4, -0.2) is 19.1 Å². The summed E-state index contributed by atoms with van der Waals surface area (Å²) in [6, 6.07) is 9.15. The molecule has 1 aromatic rings. The van der Waals surface area contributed by atoms with Crippen LogP contribution in [0, 0.1) is 11.3 Å². The molecule has 114 valence electrons. The van der Waals surface area contributed by atoms with Crippen molar-refractivity contribution < 1.29 is 9.53 Å². The Hall–Kier alpha value is -1.51. The standard InChI is InChI=1S/C18H25NO2/c1-12(2)15-6-4-5-7-16(15)19-14-10-18(11-14)8-13(9-18)17(20)21-3/h4-7,12-14,19H,8-11H2,1-3H3. The zero-order valence-electron chi connectivity index (χ0n) is 13.2. The zero-order valence-corrected chi connectivity index (χ0v) is 13.2. The lowest BCUT2D eigenvalue weighted by molar-refractivity contribution is -0.158. The lowest BCUT2D eigenvalue weighted by Crippen LogP contribution is -2.54. The Balaban J connectivity index is 1.54. The van der Waals surface area contributed by atoms with Crippen LogP contribution in [0.25, 0.3) is 0 Å². The third-order valence-electron chi connectivity index (χ3n) is 5.19. The fourth-order valence-corrected chi connectivity index (χ4v) is 4.09. The number of carbonyl (C=O) groups is 1. The largest absolute Gasteiger partial charge is 0.469 e. The number of hydrogen-bond donors (Lipinski definition) is 1. The summed E-state index contributed by atoms with van der Waals surface area (Å²) in [5.74, 6) is 0.663. The molecule has 0 atom stereocenters. The van der Waals surface area contributed by atoms with E-state index in [2.05, 4.69) is 43.4 Å². The monoisotopic (exact) mass is 287 g/mol. The number of ether oxygens (including phenoxy) is 1.